The fraction of sp³-hybridized carbons (Fsp3) is 0.364. The highest BCUT2D eigenvalue weighted by Gasteiger charge is 2.44. The van der Waals surface area contributed by atoms with Crippen molar-refractivity contribution in [2.45, 2.75) is 44.3 Å². The van der Waals surface area contributed by atoms with Crippen LogP contribution in [-0.2, 0) is 4.87 Å². The summed E-state index contributed by atoms with van der Waals surface area (Å²) in [6.45, 7) is 6.16. The Balaban J connectivity index is 2.24. The number of carbonyl (C=O) groups excluding carboxylic acids is 2. The molecule has 11 heteroatoms. The molecule has 1 aromatic carbocycles. The molecular formula is C22H24Cl2FN5O3. The lowest BCUT2D eigenvalue weighted by Gasteiger charge is -2.36. The molecular weight excluding hydrogens is 472 g/mol. The molecule has 0 radical (unpaired) electrons. The number of primary amides is 1. The third kappa shape index (κ3) is 5.04. The highest BCUT2D eigenvalue weighted by Crippen LogP contribution is 2.47. The number of allylic oxidation sites excluding steroid dienone is 1. The van der Waals surface area contributed by atoms with E-state index in [2.05, 4.69) is 15.4 Å². The number of nitrogens with two attached hydrogens (primary N) is 1. The average Bonchev–Trinajstić information content (AvgIpc) is 3.10. The van der Waals surface area contributed by atoms with E-state index in [-0.39, 0.29) is 23.0 Å². The van der Waals surface area contributed by atoms with Crippen molar-refractivity contribution in [2.75, 3.05) is 6.86 Å². The summed E-state index contributed by atoms with van der Waals surface area (Å²) in [5.41, 5.74) is 6.18. The van der Waals surface area contributed by atoms with Crippen molar-refractivity contribution in [2.24, 2.45) is 10.7 Å². The van der Waals surface area contributed by atoms with Gasteiger partial charge in [0.2, 0.25) is 12.7 Å². The second-order valence-corrected chi connectivity index (χ2v) is 9.64. The molecule has 3 rings (SSSR count). The Labute approximate surface area is 200 Å². The number of halogens is 3. The number of aromatic nitrogens is 2. The minimum Gasteiger partial charge on any atom is -0.445 e. The van der Waals surface area contributed by atoms with E-state index in [1.54, 1.807) is 25.1 Å². The Morgan fingerprint density at radius 3 is 2.64 bits per heavy atom. The Kier molecular flexibility index (Phi) is 6.85. The smallest absolute Gasteiger partial charge is 0.267 e. The monoisotopic (exact) mass is 495 g/mol. The molecule has 2 heterocycles. The van der Waals surface area contributed by atoms with Crippen LogP contribution in [0.4, 0.5) is 4.39 Å². The molecule has 8 nitrogen and oxygen atoms in total. The predicted octanol–water partition coefficient (Wildman–Crippen LogP) is 4.05. The summed E-state index contributed by atoms with van der Waals surface area (Å²) in [7, 11) is 0. The number of benzene rings is 1. The molecule has 1 aliphatic rings. The molecule has 0 bridgehead atoms. The minimum absolute atomic E-state index is 0.0896. The van der Waals surface area contributed by atoms with Gasteiger partial charge >= 0.3 is 0 Å². The summed E-state index contributed by atoms with van der Waals surface area (Å²) in [6.07, 6.45) is 3.69. The molecule has 0 saturated heterocycles. The Bertz CT molecular complexity index is 1160. The molecule has 2 aromatic rings. The number of amides is 2. The maximum atomic E-state index is 13.2. The number of alkyl halides is 2. The van der Waals surface area contributed by atoms with Crippen LogP contribution < -0.4 is 15.8 Å². The second-order valence-electron chi connectivity index (χ2n) is 8.58. The van der Waals surface area contributed by atoms with Gasteiger partial charge in [0.15, 0.2) is 6.17 Å². The van der Waals surface area contributed by atoms with Gasteiger partial charge < -0.3 is 15.8 Å². The van der Waals surface area contributed by atoms with Crippen molar-refractivity contribution in [3.63, 3.8) is 0 Å². The van der Waals surface area contributed by atoms with Crippen LogP contribution >= 0.6 is 23.2 Å². The molecule has 2 atom stereocenters. The van der Waals surface area contributed by atoms with Gasteiger partial charge in [-0.2, -0.15) is 0 Å². The third-order valence-electron chi connectivity index (χ3n) is 4.84. The topological polar surface area (TPSA) is 112 Å². The summed E-state index contributed by atoms with van der Waals surface area (Å²) in [5.74, 6) is -1.38. The number of hydrogen-bond donors (Lipinski definition) is 2. The van der Waals surface area contributed by atoms with Gasteiger partial charge in [-0.3, -0.25) is 14.6 Å². The fourth-order valence-electron chi connectivity index (χ4n) is 3.67. The van der Waals surface area contributed by atoms with E-state index in [0.717, 1.165) is 0 Å². The average molecular weight is 496 g/mol. The molecule has 1 aliphatic heterocycles. The van der Waals surface area contributed by atoms with E-state index >= 15 is 0 Å². The number of aliphatic imine (C=N–C) groups is 1. The van der Waals surface area contributed by atoms with Crippen molar-refractivity contribution >= 4 is 41.2 Å². The van der Waals surface area contributed by atoms with Gasteiger partial charge in [0.25, 0.3) is 11.8 Å². The van der Waals surface area contributed by atoms with Crippen LogP contribution in [0.1, 0.15) is 58.9 Å². The van der Waals surface area contributed by atoms with Crippen molar-refractivity contribution in [1.29, 1.82) is 0 Å². The first kappa shape index (κ1) is 24.7. The Hall–Kier alpha value is -2.91. The standard InChI is InChI=1S/C22H24Cl2FN5O3/c1-12-8-13(23)9-14(19(32)28-21(2,3)4)17(12)22(24)6-5-7-27-20(22)30-15(18(26)31)10-16(29-30)33-11-25/h5-10,20H,11H2,1-4H3,(H2,26,31)(H,28,32). The lowest BCUT2D eigenvalue weighted by Crippen LogP contribution is -2.42. The minimum atomic E-state index is -1.48. The van der Waals surface area contributed by atoms with E-state index in [9.17, 15) is 14.0 Å². The number of aryl methyl sites for hydroxylation is 1. The summed E-state index contributed by atoms with van der Waals surface area (Å²) >= 11 is 13.5. The SMILES string of the molecule is Cc1cc(Cl)cc(C(=O)NC(C)(C)C)c1C1(Cl)C=CC=NC1n1nc(OCF)cc1C(N)=O. The molecule has 0 saturated carbocycles. The molecule has 33 heavy (non-hydrogen) atoms. The molecule has 0 spiro atoms. The Morgan fingerprint density at radius 2 is 2.03 bits per heavy atom. The number of rotatable bonds is 6. The first-order valence-electron chi connectivity index (χ1n) is 9.98. The highest BCUT2D eigenvalue weighted by atomic mass is 35.5. The summed E-state index contributed by atoms with van der Waals surface area (Å²) in [5, 5.41) is 7.41. The van der Waals surface area contributed by atoms with Crippen LogP contribution in [0.15, 0.2) is 35.3 Å². The largest absolute Gasteiger partial charge is 0.445 e. The summed E-state index contributed by atoms with van der Waals surface area (Å²) in [6, 6.07) is 4.40. The van der Waals surface area contributed by atoms with Crippen LogP contribution in [0.5, 0.6) is 5.88 Å². The molecule has 1 aromatic heterocycles. The number of ether oxygens (including phenoxy) is 1. The van der Waals surface area contributed by atoms with Crippen LogP contribution in [-0.4, -0.2) is 40.2 Å². The molecule has 2 unspecified atom stereocenters. The van der Waals surface area contributed by atoms with Crippen molar-refractivity contribution in [3.05, 3.63) is 57.8 Å². The number of nitrogens with one attached hydrogen (secondary N) is 1. The lowest BCUT2D eigenvalue weighted by molar-refractivity contribution is 0.0915. The van der Waals surface area contributed by atoms with Crippen LogP contribution in [0, 0.1) is 6.92 Å². The van der Waals surface area contributed by atoms with Crippen molar-refractivity contribution in [1.82, 2.24) is 15.1 Å². The summed E-state index contributed by atoms with van der Waals surface area (Å²) < 4.78 is 18.7. The van der Waals surface area contributed by atoms with Gasteiger partial charge in [-0.05, 0) is 57.0 Å². The first-order valence-corrected chi connectivity index (χ1v) is 10.7. The Morgan fingerprint density at radius 1 is 1.33 bits per heavy atom. The number of dihydropyridines is 1. The van der Waals surface area contributed by atoms with Gasteiger partial charge in [0.1, 0.15) is 10.6 Å². The van der Waals surface area contributed by atoms with Crippen LogP contribution in [0.3, 0.4) is 0 Å². The molecule has 3 N–H and O–H groups in total. The van der Waals surface area contributed by atoms with Crippen molar-refractivity contribution < 1.29 is 18.7 Å². The normalized spacial score (nSPS) is 20.0. The van der Waals surface area contributed by atoms with E-state index in [1.165, 1.54) is 23.0 Å². The van der Waals surface area contributed by atoms with Gasteiger partial charge in [-0.15, -0.1) is 16.7 Å². The summed E-state index contributed by atoms with van der Waals surface area (Å²) in [4.78, 5) is 28.3. The van der Waals surface area contributed by atoms with Crippen LogP contribution in [0.25, 0.3) is 0 Å². The van der Waals surface area contributed by atoms with Gasteiger partial charge in [-0.25, -0.2) is 9.07 Å². The van der Waals surface area contributed by atoms with E-state index in [1.807, 2.05) is 20.8 Å². The lowest BCUT2D eigenvalue weighted by atomic mass is 9.85. The second kappa shape index (κ2) is 9.15. The van der Waals surface area contributed by atoms with Crippen LogP contribution in [0.2, 0.25) is 5.02 Å². The quantitative estimate of drug-likeness (QED) is 0.588. The van der Waals surface area contributed by atoms with E-state index < -0.39 is 29.3 Å². The zero-order chi connectivity index (χ0) is 24.6. The zero-order valence-electron chi connectivity index (χ0n) is 18.5. The number of hydrogen-bond acceptors (Lipinski definition) is 5. The fourth-order valence-corrected chi connectivity index (χ4v) is 4.42. The maximum absolute atomic E-state index is 13.2. The molecule has 0 fully saturated rings. The van der Waals surface area contributed by atoms with Crippen molar-refractivity contribution in [3.8, 4) is 5.88 Å². The third-order valence-corrected chi connectivity index (χ3v) is 5.57. The van der Waals surface area contributed by atoms with E-state index in [0.29, 0.717) is 16.1 Å². The molecule has 176 valence electrons. The number of nitrogens with zero attached hydrogens (tertiary/aromatic N) is 3. The maximum Gasteiger partial charge on any atom is 0.267 e. The molecule has 0 aliphatic carbocycles. The highest BCUT2D eigenvalue weighted by molar-refractivity contribution is 6.31. The van der Waals surface area contributed by atoms with Gasteiger partial charge in [0, 0.05) is 28.4 Å². The number of carbonyl (C=O) groups is 2. The van der Waals surface area contributed by atoms with E-state index in [4.69, 9.17) is 33.7 Å². The first-order chi connectivity index (χ1) is 15.4. The van der Waals surface area contributed by atoms with Gasteiger partial charge in [0.05, 0.1) is 0 Å². The van der Waals surface area contributed by atoms with Gasteiger partial charge in [-0.1, -0.05) is 17.7 Å². The zero-order valence-corrected chi connectivity index (χ0v) is 20.0. The predicted molar refractivity (Wildman–Crippen MR) is 125 cm³/mol. The molecule has 2 amide bonds.